The quantitative estimate of drug-likeness (QED) is 0.692. The smallest absolute Gasteiger partial charge is 0.127 e. The molecule has 0 spiro atoms. The third kappa shape index (κ3) is 2.79. The van der Waals surface area contributed by atoms with Crippen molar-refractivity contribution in [2.45, 2.75) is 39.5 Å². The summed E-state index contributed by atoms with van der Waals surface area (Å²) in [7, 11) is 0. The van der Waals surface area contributed by atoms with Crippen LogP contribution in [0.5, 0.6) is 0 Å². The molecule has 0 radical (unpaired) electrons. The zero-order valence-electron chi connectivity index (χ0n) is 14.1. The van der Waals surface area contributed by atoms with Gasteiger partial charge in [0.25, 0.3) is 0 Å². The van der Waals surface area contributed by atoms with Gasteiger partial charge in [0.05, 0.1) is 5.69 Å². The minimum atomic E-state index is -0.0825. The Kier molecular flexibility index (Phi) is 4.03. The number of aldehydes is 1. The lowest BCUT2D eigenvalue weighted by Gasteiger charge is -2.10. The molecule has 23 heavy (non-hydrogen) atoms. The number of carbonyl (C=O) groups is 1. The summed E-state index contributed by atoms with van der Waals surface area (Å²) in [6, 6.07) is 10.4. The summed E-state index contributed by atoms with van der Waals surface area (Å²) in [6.45, 7) is 8.35. The fourth-order valence-electron chi connectivity index (χ4n) is 3.12. The van der Waals surface area contributed by atoms with Crippen LogP contribution in [-0.2, 0) is 4.79 Å². The predicted molar refractivity (Wildman–Crippen MR) is 94.8 cm³/mol. The Hall–Kier alpha value is -2.42. The van der Waals surface area contributed by atoms with E-state index in [1.165, 1.54) is 10.9 Å². The molecule has 118 valence electrons. The Morgan fingerprint density at radius 3 is 2.57 bits per heavy atom. The zero-order valence-corrected chi connectivity index (χ0v) is 14.1. The van der Waals surface area contributed by atoms with Gasteiger partial charge in [-0.15, -0.1) is 0 Å². The second-order valence-corrected chi connectivity index (χ2v) is 6.48. The molecular formula is C20H22N2O. The molecule has 3 heteroatoms. The van der Waals surface area contributed by atoms with E-state index in [1.54, 1.807) is 0 Å². The third-order valence-corrected chi connectivity index (χ3v) is 4.36. The molecule has 0 saturated carbocycles. The van der Waals surface area contributed by atoms with Crippen molar-refractivity contribution in [3.05, 3.63) is 53.3 Å². The first-order valence-electron chi connectivity index (χ1n) is 8.05. The van der Waals surface area contributed by atoms with Crippen LogP contribution >= 0.6 is 0 Å². The Morgan fingerprint density at radius 1 is 1.13 bits per heavy atom. The van der Waals surface area contributed by atoms with Crippen molar-refractivity contribution in [2.24, 2.45) is 0 Å². The summed E-state index contributed by atoms with van der Waals surface area (Å²) in [5.74, 6) is 0.301. The number of fused-ring (bicyclic) bond motifs is 1. The van der Waals surface area contributed by atoms with Gasteiger partial charge in [-0.25, -0.2) is 0 Å². The number of pyridine rings is 1. The highest BCUT2D eigenvalue weighted by molar-refractivity contribution is 5.92. The van der Waals surface area contributed by atoms with Crippen LogP contribution in [0.4, 0.5) is 0 Å². The lowest BCUT2D eigenvalue weighted by atomic mass is 9.93. The fraction of sp³-hybridized carbons (Fsp3) is 0.300. The number of hydrogen-bond acceptors (Lipinski definition) is 2. The van der Waals surface area contributed by atoms with Crippen LogP contribution in [0.3, 0.4) is 0 Å². The number of nitrogens with zero attached hydrogens (tertiary/aromatic N) is 1. The van der Waals surface area contributed by atoms with Crippen molar-refractivity contribution in [1.29, 1.82) is 0 Å². The van der Waals surface area contributed by atoms with Crippen LogP contribution in [0.2, 0.25) is 0 Å². The molecule has 1 N–H and O–H groups in total. The van der Waals surface area contributed by atoms with E-state index in [-0.39, 0.29) is 5.92 Å². The Bertz CT molecular complexity index is 861. The molecular weight excluding hydrogens is 284 g/mol. The van der Waals surface area contributed by atoms with E-state index in [0.717, 1.165) is 34.3 Å². The maximum atomic E-state index is 11.1. The van der Waals surface area contributed by atoms with Gasteiger partial charge in [-0.2, -0.15) is 0 Å². The fourth-order valence-corrected chi connectivity index (χ4v) is 3.12. The van der Waals surface area contributed by atoms with Crippen molar-refractivity contribution in [2.75, 3.05) is 0 Å². The molecule has 0 saturated heterocycles. The van der Waals surface area contributed by atoms with Gasteiger partial charge in [0.1, 0.15) is 6.29 Å². The van der Waals surface area contributed by atoms with Crippen molar-refractivity contribution in [3.8, 4) is 11.3 Å². The van der Waals surface area contributed by atoms with Crippen molar-refractivity contribution < 1.29 is 4.79 Å². The van der Waals surface area contributed by atoms with Crippen LogP contribution < -0.4 is 0 Å². The molecule has 0 fully saturated rings. The van der Waals surface area contributed by atoms with E-state index in [0.29, 0.717) is 5.92 Å². The van der Waals surface area contributed by atoms with Crippen molar-refractivity contribution in [3.63, 3.8) is 0 Å². The first kappa shape index (κ1) is 15.5. The molecule has 3 rings (SSSR count). The summed E-state index contributed by atoms with van der Waals surface area (Å²) >= 11 is 0. The second-order valence-electron chi connectivity index (χ2n) is 6.48. The van der Waals surface area contributed by atoms with Crippen LogP contribution in [0.25, 0.3) is 22.2 Å². The monoisotopic (exact) mass is 306 g/mol. The first-order valence-corrected chi connectivity index (χ1v) is 8.05. The number of nitrogens with one attached hydrogen (secondary N) is 1. The van der Waals surface area contributed by atoms with E-state index >= 15 is 0 Å². The maximum Gasteiger partial charge on any atom is 0.127 e. The molecule has 2 heterocycles. The molecule has 0 aliphatic carbocycles. The minimum Gasteiger partial charge on any atom is -0.354 e. The van der Waals surface area contributed by atoms with E-state index in [2.05, 4.69) is 42.0 Å². The van der Waals surface area contributed by atoms with Gasteiger partial charge in [0, 0.05) is 34.3 Å². The molecule has 0 bridgehead atoms. The van der Waals surface area contributed by atoms with E-state index in [1.807, 2.05) is 32.2 Å². The highest BCUT2D eigenvalue weighted by Crippen LogP contribution is 2.36. The van der Waals surface area contributed by atoms with Gasteiger partial charge >= 0.3 is 0 Å². The summed E-state index contributed by atoms with van der Waals surface area (Å²) in [5, 5.41) is 1.20. The van der Waals surface area contributed by atoms with Crippen LogP contribution in [0.15, 0.2) is 36.5 Å². The molecule has 1 aromatic carbocycles. The van der Waals surface area contributed by atoms with E-state index in [4.69, 9.17) is 0 Å². The largest absolute Gasteiger partial charge is 0.354 e. The Morgan fingerprint density at radius 2 is 1.91 bits per heavy atom. The molecule has 0 amide bonds. The van der Waals surface area contributed by atoms with Gasteiger partial charge in [-0.05, 0) is 48.2 Å². The van der Waals surface area contributed by atoms with Gasteiger partial charge < -0.3 is 9.78 Å². The number of H-pyrrole nitrogens is 1. The minimum absolute atomic E-state index is 0.0825. The zero-order chi connectivity index (χ0) is 16.6. The molecule has 1 atom stereocenters. The van der Waals surface area contributed by atoms with Crippen molar-refractivity contribution >= 4 is 17.2 Å². The topological polar surface area (TPSA) is 45.8 Å². The summed E-state index contributed by atoms with van der Waals surface area (Å²) in [4.78, 5) is 19.0. The molecule has 2 aromatic heterocycles. The molecule has 0 aliphatic rings. The molecule has 0 aliphatic heterocycles. The normalized spacial score (nSPS) is 12.7. The Labute approximate surface area is 136 Å². The summed E-state index contributed by atoms with van der Waals surface area (Å²) < 4.78 is 0. The number of aryl methyl sites for hydroxylation is 1. The third-order valence-electron chi connectivity index (χ3n) is 4.36. The highest BCUT2D eigenvalue weighted by atomic mass is 16.1. The van der Waals surface area contributed by atoms with E-state index < -0.39 is 0 Å². The Balaban J connectivity index is 2.26. The number of benzene rings is 1. The predicted octanol–water partition coefficient (Wildman–Crippen LogP) is 4.96. The number of carbonyl (C=O) groups excluding carboxylic acids is 1. The number of hydrogen-bond donors (Lipinski definition) is 1. The van der Waals surface area contributed by atoms with Crippen molar-refractivity contribution in [1.82, 2.24) is 9.97 Å². The van der Waals surface area contributed by atoms with E-state index in [9.17, 15) is 4.79 Å². The average molecular weight is 306 g/mol. The lowest BCUT2D eigenvalue weighted by molar-refractivity contribution is -0.108. The number of rotatable bonds is 4. The highest BCUT2D eigenvalue weighted by Gasteiger charge is 2.17. The summed E-state index contributed by atoms with van der Waals surface area (Å²) in [5.41, 5.74) is 6.78. The van der Waals surface area contributed by atoms with Gasteiger partial charge in [-0.1, -0.05) is 26.8 Å². The van der Waals surface area contributed by atoms with Crippen LogP contribution in [0, 0.1) is 6.92 Å². The molecule has 1 unspecified atom stereocenters. The number of aromatic nitrogens is 2. The van der Waals surface area contributed by atoms with Gasteiger partial charge in [-0.3, -0.25) is 4.98 Å². The van der Waals surface area contributed by atoms with Crippen LogP contribution in [-0.4, -0.2) is 16.3 Å². The van der Waals surface area contributed by atoms with Crippen LogP contribution in [0.1, 0.15) is 49.4 Å². The standard InChI is InChI=1S/C20H22N2O/c1-12(2)19-17-10-15(13(3)11-23)5-6-18(17)22-20(19)16-7-8-21-14(4)9-16/h5-13,22H,1-4H3. The molecule has 3 aromatic rings. The average Bonchev–Trinajstić information content (AvgIpc) is 2.92. The maximum absolute atomic E-state index is 11.1. The molecule has 3 nitrogen and oxygen atoms in total. The SMILES string of the molecule is Cc1cc(-c2[nH]c3ccc(C(C)C=O)cc3c2C(C)C)ccn1. The summed E-state index contributed by atoms with van der Waals surface area (Å²) in [6.07, 6.45) is 2.84. The lowest BCUT2D eigenvalue weighted by Crippen LogP contribution is -1.95. The van der Waals surface area contributed by atoms with Gasteiger partial charge in [0.2, 0.25) is 0 Å². The first-order chi connectivity index (χ1) is 11.0. The number of aromatic amines is 1. The second kappa shape index (κ2) is 5.99. The van der Waals surface area contributed by atoms with Gasteiger partial charge in [0.15, 0.2) is 0 Å².